The summed E-state index contributed by atoms with van der Waals surface area (Å²) in [6.07, 6.45) is 3.26. The van der Waals surface area contributed by atoms with Gasteiger partial charge in [0.15, 0.2) is 5.78 Å². The predicted molar refractivity (Wildman–Crippen MR) is 63.9 cm³/mol. The van der Waals surface area contributed by atoms with Gasteiger partial charge in [0.1, 0.15) is 0 Å². The van der Waals surface area contributed by atoms with E-state index in [1.54, 1.807) is 0 Å². The molecule has 0 aliphatic heterocycles. The third kappa shape index (κ3) is 3.35. The van der Waals surface area contributed by atoms with Crippen LogP contribution in [-0.4, -0.2) is 5.78 Å². The second kappa shape index (κ2) is 5.50. The number of carbonyl (C=O) groups excluding carboxylic acids is 1. The lowest BCUT2D eigenvalue weighted by Crippen LogP contribution is -2.05. The van der Waals surface area contributed by atoms with E-state index in [2.05, 4.69) is 6.92 Å². The fourth-order valence-electron chi connectivity index (χ4n) is 1.57. The van der Waals surface area contributed by atoms with Gasteiger partial charge < -0.3 is 0 Å². The van der Waals surface area contributed by atoms with E-state index in [0.29, 0.717) is 6.42 Å². The van der Waals surface area contributed by atoms with Crippen molar-refractivity contribution >= 4 is 5.78 Å². The number of aryl methyl sites for hydroxylation is 1. The van der Waals surface area contributed by atoms with Crippen molar-refractivity contribution in [2.75, 3.05) is 0 Å². The van der Waals surface area contributed by atoms with Crippen molar-refractivity contribution in [2.24, 2.45) is 0 Å². The van der Waals surface area contributed by atoms with Gasteiger partial charge in [0.2, 0.25) is 0 Å². The Kier molecular flexibility index (Phi) is 4.29. The third-order valence-corrected chi connectivity index (χ3v) is 2.57. The molecule has 0 saturated heterocycles. The number of allylic oxidation sites excluding steroid dienone is 2. The number of carbonyl (C=O) groups is 1. The first-order valence-corrected chi connectivity index (χ1v) is 5.41. The Balaban J connectivity index is 2.70. The SMILES string of the molecule is C/C=C(/CC)C(=O)Cc1ccc(C)cc1. The number of benzene rings is 1. The van der Waals surface area contributed by atoms with E-state index in [-0.39, 0.29) is 5.78 Å². The maximum Gasteiger partial charge on any atom is 0.162 e. The molecule has 1 heteroatoms. The molecule has 1 nitrogen and oxygen atoms in total. The quantitative estimate of drug-likeness (QED) is 0.683. The van der Waals surface area contributed by atoms with Crippen molar-refractivity contribution < 1.29 is 4.79 Å². The Morgan fingerprint density at radius 3 is 2.33 bits per heavy atom. The van der Waals surface area contributed by atoms with Crippen LogP contribution in [-0.2, 0) is 11.2 Å². The van der Waals surface area contributed by atoms with Gasteiger partial charge >= 0.3 is 0 Å². The number of rotatable bonds is 4. The Morgan fingerprint density at radius 2 is 1.87 bits per heavy atom. The topological polar surface area (TPSA) is 17.1 Å². The summed E-state index contributed by atoms with van der Waals surface area (Å²) in [6, 6.07) is 8.14. The van der Waals surface area contributed by atoms with Crippen LogP contribution in [0.15, 0.2) is 35.9 Å². The molecule has 1 rings (SSSR count). The fraction of sp³-hybridized carbons (Fsp3) is 0.357. The second-order valence-electron chi connectivity index (χ2n) is 3.75. The first-order valence-electron chi connectivity index (χ1n) is 5.41. The fourth-order valence-corrected chi connectivity index (χ4v) is 1.57. The Hall–Kier alpha value is -1.37. The molecule has 1 aromatic carbocycles. The zero-order valence-corrected chi connectivity index (χ0v) is 9.71. The van der Waals surface area contributed by atoms with Crippen molar-refractivity contribution in [1.82, 2.24) is 0 Å². The highest BCUT2D eigenvalue weighted by Gasteiger charge is 2.07. The van der Waals surface area contributed by atoms with Gasteiger partial charge in [-0.25, -0.2) is 0 Å². The van der Waals surface area contributed by atoms with Crippen LogP contribution in [0.2, 0.25) is 0 Å². The molecule has 0 fully saturated rings. The summed E-state index contributed by atoms with van der Waals surface area (Å²) in [5.41, 5.74) is 3.25. The van der Waals surface area contributed by atoms with Crippen LogP contribution in [0.25, 0.3) is 0 Å². The Bertz CT molecular complexity index is 357. The molecular weight excluding hydrogens is 184 g/mol. The van der Waals surface area contributed by atoms with Crippen molar-refractivity contribution in [3.63, 3.8) is 0 Å². The van der Waals surface area contributed by atoms with Crippen LogP contribution < -0.4 is 0 Å². The van der Waals surface area contributed by atoms with Crippen LogP contribution in [0.5, 0.6) is 0 Å². The van der Waals surface area contributed by atoms with E-state index in [1.807, 2.05) is 44.2 Å². The standard InChI is InChI=1S/C14H18O/c1-4-13(5-2)14(15)10-12-8-6-11(3)7-9-12/h4,6-9H,5,10H2,1-3H3/b13-4-. The van der Waals surface area contributed by atoms with Gasteiger partial charge in [-0.2, -0.15) is 0 Å². The van der Waals surface area contributed by atoms with Crippen molar-refractivity contribution in [1.29, 1.82) is 0 Å². The van der Waals surface area contributed by atoms with Crippen LogP contribution in [0.1, 0.15) is 31.4 Å². The molecule has 0 spiro atoms. The second-order valence-corrected chi connectivity index (χ2v) is 3.75. The Morgan fingerprint density at radius 1 is 1.27 bits per heavy atom. The highest BCUT2D eigenvalue weighted by atomic mass is 16.1. The molecule has 0 N–H and O–H groups in total. The molecule has 0 saturated carbocycles. The molecule has 0 aliphatic rings. The van der Waals surface area contributed by atoms with Crippen molar-refractivity contribution in [3.05, 3.63) is 47.0 Å². The maximum atomic E-state index is 11.8. The van der Waals surface area contributed by atoms with Gasteiger partial charge in [0.25, 0.3) is 0 Å². The monoisotopic (exact) mass is 202 g/mol. The molecule has 80 valence electrons. The maximum absolute atomic E-state index is 11.8. The summed E-state index contributed by atoms with van der Waals surface area (Å²) >= 11 is 0. The lowest BCUT2D eigenvalue weighted by molar-refractivity contribution is -0.115. The zero-order chi connectivity index (χ0) is 11.3. The van der Waals surface area contributed by atoms with Gasteiger partial charge in [0.05, 0.1) is 0 Å². The summed E-state index contributed by atoms with van der Waals surface area (Å²) in [5, 5.41) is 0. The van der Waals surface area contributed by atoms with E-state index in [4.69, 9.17) is 0 Å². The molecule has 0 amide bonds. The van der Waals surface area contributed by atoms with Crippen LogP contribution in [0, 0.1) is 6.92 Å². The minimum atomic E-state index is 0.240. The number of ketones is 1. The molecule has 0 radical (unpaired) electrons. The van der Waals surface area contributed by atoms with Crippen LogP contribution in [0.4, 0.5) is 0 Å². The summed E-state index contributed by atoms with van der Waals surface area (Å²) in [6.45, 7) is 5.99. The van der Waals surface area contributed by atoms with Crippen molar-refractivity contribution in [2.45, 2.75) is 33.6 Å². The molecule has 0 bridgehead atoms. The van der Waals surface area contributed by atoms with Crippen molar-refractivity contribution in [3.8, 4) is 0 Å². The molecule has 0 atom stereocenters. The summed E-state index contributed by atoms with van der Waals surface area (Å²) in [5.74, 6) is 0.240. The minimum Gasteiger partial charge on any atom is -0.294 e. The lowest BCUT2D eigenvalue weighted by Gasteiger charge is -2.03. The molecular formula is C14H18O. The average molecular weight is 202 g/mol. The van der Waals surface area contributed by atoms with Gasteiger partial charge in [-0.15, -0.1) is 0 Å². The molecule has 0 aliphatic carbocycles. The van der Waals surface area contributed by atoms with Gasteiger partial charge in [-0.1, -0.05) is 42.8 Å². The van der Waals surface area contributed by atoms with Gasteiger partial charge in [0, 0.05) is 6.42 Å². The van der Waals surface area contributed by atoms with E-state index in [1.165, 1.54) is 5.56 Å². The summed E-state index contributed by atoms with van der Waals surface area (Å²) in [4.78, 5) is 11.8. The normalized spacial score (nSPS) is 11.5. The first-order chi connectivity index (χ1) is 7.17. The van der Waals surface area contributed by atoms with E-state index in [0.717, 1.165) is 17.6 Å². The predicted octanol–water partition coefficient (Wildman–Crippen LogP) is 3.46. The van der Waals surface area contributed by atoms with E-state index in [9.17, 15) is 4.79 Å². The summed E-state index contributed by atoms with van der Waals surface area (Å²) < 4.78 is 0. The molecule has 1 aromatic rings. The molecule has 0 aromatic heterocycles. The average Bonchev–Trinajstić information content (AvgIpc) is 2.23. The van der Waals surface area contributed by atoms with Gasteiger partial charge in [-0.05, 0) is 31.4 Å². The van der Waals surface area contributed by atoms with Gasteiger partial charge in [-0.3, -0.25) is 4.79 Å². The van der Waals surface area contributed by atoms with E-state index < -0.39 is 0 Å². The molecule has 0 unspecified atom stereocenters. The molecule has 0 heterocycles. The molecule has 15 heavy (non-hydrogen) atoms. The minimum absolute atomic E-state index is 0.240. The third-order valence-electron chi connectivity index (χ3n) is 2.57. The zero-order valence-electron chi connectivity index (χ0n) is 9.71. The van der Waals surface area contributed by atoms with Crippen LogP contribution >= 0.6 is 0 Å². The smallest absolute Gasteiger partial charge is 0.162 e. The lowest BCUT2D eigenvalue weighted by atomic mass is 10.0. The number of hydrogen-bond acceptors (Lipinski definition) is 1. The number of hydrogen-bond donors (Lipinski definition) is 0. The Labute approximate surface area is 91.8 Å². The highest BCUT2D eigenvalue weighted by molar-refractivity contribution is 5.96. The highest BCUT2D eigenvalue weighted by Crippen LogP contribution is 2.09. The van der Waals surface area contributed by atoms with Crippen LogP contribution in [0.3, 0.4) is 0 Å². The largest absolute Gasteiger partial charge is 0.294 e. The first kappa shape index (κ1) is 11.7. The number of Topliss-reactive ketones (excluding diaryl/α,β-unsaturated/α-hetero) is 1. The van der Waals surface area contributed by atoms with E-state index >= 15 is 0 Å². The summed E-state index contributed by atoms with van der Waals surface area (Å²) in [7, 11) is 0.